The van der Waals surface area contributed by atoms with Gasteiger partial charge in [0.15, 0.2) is 0 Å². The van der Waals surface area contributed by atoms with E-state index in [9.17, 15) is 0 Å². The lowest BCUT2D eigenvalue weighted by Crippen LogP contribution is -2.16. The number of rotatable bonds is 5. The van der Waals surface area contributed by atoms with Crippen LogP contribution in [0.4, 0.5) is 5.69 Å². The van der Waals surface area contributed by atoms with Crippen molar-refractivity contribution in [2.24, 2.45) is 0 Å². The molecule has 1 atom stereocenters. The monoisotopic (exact) mass is 371 g/mol. The molecule has 20 heavy (non-hydrogen) atoms. The van der Waals surface area contributed by atoms with Gasteiger partial charge in [0, 0.05) is 10.5 Å². The van der Waals surface area contributed by atoms with Crippen molar-refractivity contribution in [1.82, 2.24) is 0 Å². The molecule has 0 fully saturated rings. The molecule has 2 aromatic rings. The van der Waals surface area contributed by atoms with Crippen LogP contribution in [0.2, 0.25) is 10.0 Å². The Bertz CT molecular complexity index is 572. The van der Waals surface area contributed by atoms with Crippen molar-refractivity contribution in [3.63, 3.8) is 0 Å². The Morgan fingerprint density at radius 2 is 1.75 bits per heavy atom. The zero-order chi connectivity index (χ0) is 14.5. The number of aryl methyl sites for hydroxylation is 1. The topological polar surface area (TPSA) is 12.0 Å². The third-order valence-electron chi connectivity index (χ3n) is 3.15. The van der Waals surface area contributed by atoms with Gasteiger partial charge in [0.05, 0.1) is 15.7 Å². The second kappa shape index (κ2) is 7.35. The van der Waals surface area contributed by atoms with Crippen molar-refractivity contribution in [3.8, 4) is 0 Å². The molecule has 2 rings (SSSR count). The Morgan fingerprint density at radius 1 is 1.05 bits per heavy atom. The number of hydrogen-bond acceptors (Lipinski definition) is 1. The number of halogens is 3. The molecule has 0 aliphatic heterocycles. The van der Waals surface area contributed by atoms with Gasteiger partial charge >= 0.3 is 0 Å². The molecule has 0 spiro atoms. The molecule has 0 heterocycles. The first-order valence-electron chi connectivity index (χ1n) is 6.52. The molecule has 0 saturated heterocycles. The normalized spacial score (nSPS) is 12.2. The fraction of sp³-hybridized carbons (Fsp3) is 0.250. The van der Waals surface area contributed by atoms with Crippen LogP contribution in [-0.4, -0.2) is 6.04 Å². The maximum atomic E-state index is 6.24. The van der Waals surface area contributed by atoms with Crippen molar-refractivity contribution in [1.29, 1.82) is 0 Å². The van der Waals surface area contributed by atoms with Gasteiger partial charge in [-0.1, -0.05) is 53.5 Å². The molecule has 106 valence electrons. The van der Waals surface area contributed by atoms with Gasteiger partial charge in [0.1, 0.15) is 0 Å². The van der Waals surface area contributed by atoms with E-state index in [1.165, 1.54) is 5.56 Å². The molecular formula is C16H16BrCl2N. The van der Waals surface area contributed by atoms with Gasteiger partial charge in [-0.25, -0.2) is 0 Å². The minimum absolute atomic E-state index is 0.324. The summed E-state index contributed by atoms with van der Waals surface area (Å²) >= 11 is 15.7. The Balaban J connectivity index is 1.95. The minimum Gasteiger partial charge on any atom is -0.381 e. The van der Waals surface area contributed by atoms with Crippen LogP contribution in [0.15, 0.2) is 46.9 Å². The zero-order valence-corrected chi connectivity index (χ0v) is 14.3. The zero-order valence-electron chi connectivity index (χ0n) is 11.2. The number of anilines is 1. The first kappa shape index (κ1) is 15.7. The molecule has 0 aliphatic rings. The summed E-state index contributed by atoms with van der Waals surface area (Å²) in [5.74, 6) is 0. The Labute approximate surface area is 138 Å². The maximum absolute atomic E-state index is 6.24. The molecule has 4 heteroatoms. The SMILES string of the molecule is CC(CCc1ccccc1)Nc1ccc(Br)c(Cl)c1Cl. The predicted molar refractivity (Wildman–Crippen MR) is 92.0 cm³/mol. The highest BCUT2D eigenvalue weighted by Gasteiger charge is 2.10. The van der Waals surface area contributed by atoms with Crippen LogP contribution in [-0.2, 0) is 6.42 Å². The first-order valence-corrected chi connectivity index (χ1v) is 8.07. The lowest BCUT2D eigenvalue weighted by atomic mass is 10.1. The fourth-order valence-corrected chi connectivity index (χ4v) is 2.83. The largest absolute Gasteiger partial charge is 0.381 e. The third kappa shape index (κ3) is 4.15. The summed E-state index contributed by atoms with van der Waals surface area (Å²) in [5.41, 5.74) is 2.22. The van der Waals surface area contributed by atoms with Crippen LogP contribution in [0.1, 0.15) is 18.9 Å². The van der Waals surface area contributed by atoms with E-state index >= 15 is 0 Å². The third-order valence-corrected chi connectivity index (χ3v) is 4.92. The Kier molecular flexibility index (Phi) is 5.76. The molecule has 0 aliphatic carbocycles. The molecule has 0 saturated carbocycles. The van der Waals surface area contributed by atoms with Crippen LogP contribution < -0.4 is 5.32 Å². The van der Waals surface area contributed by atoms with Crippen LogP contribution >= 0.6 is 39.1 Å². The summed E-state index contributed by atoms with van der Waals surface area (Å²) in [7, 11) is 0. The molecule has 1 nitrogen and oxygen atoms in total. The molecule has 0 aromatic heterocycles. The van der Waals surface area contributed by atoms with Gasteiger partial charge in [-0.3, -0.25) is 0 Å². The van der Waals surface area contributed by atoms with Gasteiger partial charge in [-0.15, -0.1) is 0 Å². The number of benzene rings is 2. The minimum atomic E-state index is 0.324. The lowest BCUT2D eigenvalue weighted by molar-refractivity contribution is 0.706. The van der Waals surface area contributed by atoms with Crippen LogP contribution in [0.3, 0.4) is 0 Å². The van der Waals surface area contributed by atoms with Crippen LogP contribution in [0.25, 0.3) is 0 Å². The molecule has 2 aromatic carbocycles. The predicted octanol–water partition coefficient (Wildman–Crippen LogP) is 6.19. The summed E-state index contributed by atoms with van der Waals surface area (Å²) in [4.78, 5) is 0. The summed E-state index contributed by atoms with van der Waals surface area (Å²) in [6, 6.07) is 14.6. The molecule has 0 bridgehead atoms. The van der Waals surface area contributed by atoms with E-state index in [1.807, 2.05) is 18.2 Å². The highest BCUT2D eigenvalue weighted by molar-refractivity contribution is 9.10. The van der Waals surface area contributed by atoms with Gasteiger partial charge in [-0.05, 0) is 53.4 Å². The first-order chi connectivity index (χ1) is 9.58. The van der Waals surface area contributed by atoms with Gasteiger partial charge in [0.2, 0.25) is 0 Å². The van der Waals surface area contributed by atoms with Gasteiger partial charge in [-0.2, -0.15) is 0 Å². The number of hydrogen-bond donors (Lipinski definition) is 1. The van der Waals surface area contributed by atoms with Gasteiger partial charge in [0.25, 0.3) is 0 Å². The maximum Gasteiger partial charge on any atom is 0.0835 e. The smallest absolute Gasteiger partial charge is 0.0835 e. The Morgan fingerprint density at radius 3 is 2.45 bits per heavy atom. The summed E-state index contributed by atoms with van der Waals surface area (Å²) in [6.45, 7) is 2.15. The lowest BCUT2D eigenvalue weighted by Gasteiger charge is -2.17. The van der Waals surface area contributed by atoms with E-state index in [1.54, 1.807) is 0 Å². The van der Waals surface area contributed by atoms with E-state index in [0.717, 1.165) is 23.0 Å². The van der Waals surface area contributed by atoms with Crippen molar-refractivity contribution >= 4 is 44.8 Å². The second-order valence-electron chi connectivity index (χ2n) is 4.79. The van der Waals surface area contributed by atoms with E-state index in [4.69, 9.17) is 23.2 Å². The number of nitrogens with one attached hydrogen (secondary N) is 1. The summed E-state index contributed by atoms with van der Waals surface area (Å²) in [5, 5.41) is 4.52. The highest BCUT2D eigenvalue weighted by atomic mass is 79.9. The average Bonchev–Trinajstić information content (AvgIpc) is 2.47. The molecule has 0 radical (unpaired) electrons. The van der Waals surface area contributed by atoms with Crippen LogP contribution in [0, 0.1) is 0 Å². The van der Waals surface area contributed by atoms with Crippen molar-refractivity contribution in [2.45, 2.75) is 25.8 Å². The van der Waals surface area contributed by atoms with E-state index in [-0.39, 0.29) is 0 Å². The molecular weight excluding hydrogens is 357 g/mol. The highest BCUT2D eigenvalue weighted by Crippen LogP contribution is 2.36. The molecule has 1 N–H and O–H groups in total. The van der Waals surface area contributed by atoms with Crippen LogP contribution in [0.5, 0.6) is 0 Å². The van der Waals surface area contributed by atoms with Crippen molar-refractivity contribution in [2.75, 3.05) is 5.32 Å². The van der Waals surface area contributed by atoms with Crippen molar-refractivity contribution in [3.05, 3.63) is 62.5 Å². The average molecular weight is 373 g/mol. The van der Waals surface area contributed by atoms with E-state index < -0.39 is 0 Å². The molecule has 1 unspecified atom stereocenters. The standard InChI is InChI=1S/C16H16BrCl2N/c1-11(7-8-12-5-3-2-4-6-12)20-14-10-9-13(17)15(18)16(14)19/h2-6,9-11,20H,7-8H2,1H3. The van der Waals surface area contributed by atoms with Gasteiger partial charge < -0.3 is 5.32 Å². The molecule has 0 amide bonds. The quantitative estimate of drug-likeness (QED) is 0.617. The fourth-order valence-electron chi connectivity index (χ4n) is 2.00. The second-order valence-corrected chi connectivity index (χ2v) is 6.40. The van der Waals surface area contributed by atoms with E-state index in [2.05, 4.69) is 52.4 Å². The van der Waals surface area contributed by atoms with Crippen molar-refractivity contribution < 1.29 is 0 Å². The summed E-state index contributed by atoms with van der Waals surface area (Å²) in [6.07, 6.45) is 2.07. The summed E-state index contributed by atoms with van der Waals surface area (Å²) < 4.78 is 0.812. The van der Waals surface area contributed by atoms with E-state index in [0.29, 0.717) is 16.1 Å². The Hall–Kier alpha value is -0.700.